The summed E-state index contributed by atoms with van der Waals surface area (Å²) in [6, 6.07) is 15.2. The molecule has 198 valence electrons. The van der Waals surface area contributed by atoms with E-state index in [0.717, 1.165) is 29.0 Å². The third-order valence-corrected chi connectivity index (χ3v) is 7.56. The van der Waals surface area contributed by atoms with E-state index in [1.54, 1.807) is 21.9 Å². The predicted molar refractivity (Wildman–Crippen MR) is 132 cm³/mol. The molecule has 2 fully saturated rings. The number of carbonyl (C=O) groups is 1. The highest BCUT2D eigenvalue weighted by Crippen LogP contribution is 2.38. The molecular formula is C28H27F4N5O. The Morgan fingerprint density at radius 3 is 2.26 bits per heavy atom. The number of piperidine rings is 2. The number of likely N-dealkylation sites (tertiary alicyclic amines) is 2. The largest absolute Gasteiger partial charge is 0.416 e. The first-order valence-electron chi connectivity index (χ1n) is 12.6. The highest BCUT2D eigenvalue weighted by Gasteiger charge is 2.36. The minimum Gasteiger partial charge on any atom is -0.325 e. The zero-order valence-corrected chi connectivity index (χ0v) is 20.6. The van der Waals surface area contributed by atoms with Crippen LogP contribution in [0.2, 0.25) is 0 Å². The van der Waals surface area contributed by atoms with E-state index in [4.69, 9.17) is 0 Å². The average Bonchev–Trinajstić information content (AvgIpc) is 3.43. The van der Waals surface area contributed by atoms with Crippen molar-refractivity contribution in [2.45, 2.75) is 37.3 Å². The maximum absolute atomic E-state index is 13.5. The monoisotopic (exact) mass is 525 g/mol. The predicted octanol–water partition coefficient (Wildman–Crippen LogP) is 6.16. The number of nitriles is 1. The van der Waals surface area contributed by atoms with Crippen LogP contribution >= 0.6 is 0 Å². The first kappa shape index (κ1) is 25.8. The number of rotatable bonds is 3. The van der Waals surface area contributed by atoms with Gasteiger partial charge in [0.2, 0.25) is 0 Å². The fraction of sp³-hybridized carbons (Fsp3) is 0.393. The second-order valence-corrected chi connectivity index (χ2v) is 10.0. The molecule has 2 aromatic carbocycles. The molecule has 0 radical (unpaired) electrons. The molecule has 5 rings (SSSR count). The molecule has 2 saturated heterocycles. The Kier molecular flexibility index (Phi) is 7.11. The molecule has 0 bridgehead atoms. The first-order chi connectivity index (χ1) is 18.2. The number of hydrogen-bond donors (Lipinski definition) is 1. The number of H-pyrrole nitrogens is 1. The Balaban J connectivity index is 1.40. The Hall–Kier alpha value is -3.87. The molecule has 2 atom stereocenters. The molecule has 0 aliphatic carbocycles. The number of amides is 2. The average molecular weight is 526 g/mol. The van der Waals surface area contributed by atoms with Crippen molar-refractivity contribution >= 4 is 6.03 Å². The Bertz CT molecular complexity index is 1300. The SMILES string of the molecule is N#CC1CCN(C(=O)N2CC(c3ccc(C(F)(F)F)cc3)CC(c3cc(-c4ccc(F)cc4)n[nH]3)C2)CC1. The number of carbonyl (C=O) groups excluding carboxylic acids is 1. The number of nitrogens with zero attached hydrogens (tertiary/aromatic N) is 4. The van der Waals surface area contributed by atoms with Gasteiger partial charge in [-0.2, -0.15) is 23.5 Å². The van der Waals surface area contributed by atoms with Gasteiger partial charge in [0.1, 0.15) is 5.82 Å². The second-order valence-electron chi connectivity index (χ2n) is 10.0. The number of hydrogen-bond acceptors (Lipinski definition) is 3. The molecule has 2 aliphatic rings. The zero-order valence-electron chi connectivity index (χ0n) is 20.6. The maximum Gasteiger partial charge on any atom is 0.416 e. The van der Waals surface area contributed by atoms with Crippen molar-refractivity contribution in [3.8, 4) is 17.3 Å². The van der Waals surface area contributed by atoms with E-state index in [9.17, 15) is 27.6 Å². The van der Waals surface area contributed by atoms with Crippen LogP contribution in [0.3, 0.4) is 0 Å². The number of nitrogens with one attached hydrogen (secondary N) is 1. The van der Waals surface area contributed by atoms with Crippen LogP contribution in [0.1, 0.15) is 47.9 Å². The minimum atomic E-state index is -4.42. The fourth-order valence-corrected chi connectivity index (χ4v) is 5.38. The van der Waals surface area contributed by atoms with Crippen molar-refractivity contribution in [3.63, 3.8) is 0 Å². The van der Waals surface area contributed by atoms with E-state index in [1.807, 2.05) is 6.07 Å². The van der Waals surface area contributed by atoms with Crippen molar-refractivity contribution in [2.24, 2.45) is 5.92 Å². The fourth-order valence-electron chi connectivity index (χ4n) is 5.38. The Morgan fingerprint density at radius 1 is 0.974 bits per heavy atom. The normalized spacial score (nSPS) is 20.8. The van der Waals surface area contributed by atoms with E-state index >= 15 is 0 Å². The van der Waals surface area contributed by atoms with Gasteiger partial charge < -0.3 is 9.80 Å². The third-order valence-electron chi connectivity index (χ3n) is 7.56. The van der Waals surface area contributed by atoms with Crippen molar-refractivity contribution in [3.05, 3.63) is 77.2 Å². The Morgan fingerprint density at radius 2 is 1.63 bits per heavy atom. The molecule has 0 saturated carbocycles. The van der Waals surface area contributed by atoms with Crippen LogP contribution in [0.4, 0.5) is 22.4 Å². The summed E-state index contributed by atoms with van der Waals surface area (Å²) in [7, 11) is 0. The molecule has 3 aromatic rings. The van der Waals surface area contributed by atoms with Crippen molar-refractivity contribution < 1.29 is 22.4 Å². The number of benzene rings is 2. The smallest absolute Gasteiger partial charge is 0.325 e. The number of alkyl halides is 3. The van der Waals surface area contributed by atoms with E-state index in [1.165, 1.54) is 24.3 Å². The first-order valence-corrected chi connectivity index (χ1v) is 12.6. The van der Waals surface area contributed by atoms with Gasteiger partial charge in [0, 0.05) is 55.2 Å². The summed E-state index contributed by atoms with van der Waals surface area (Å²) in [5.74, 6) is -0.695. The summed E-state index contributed by atoms with van der Waals surface area (Å²) >= 11 is 0. The quantitative estimate of drug-likeness (QED) is 0.416. The molecule has 2 aliphatic heterocycles. The molecule has 2 amide bonds. The molecule has 2 unspecified atom stereocenters. The van der Waals surface area contributed by atoms with Crippen molar-refractivity contribution in [1.29, 1.82) is 5.26 Å². The van der Waals surface area contributed by atoms with Gasteiger partial charge in [0.25, 0.3) is 0 Å². The maximum atomic E-state index is 13.5. The second kappa shape index (κ2) is 10.5. The molecule has 3 heterocycles. The topological polar surface area (TPSA) is 76.0 Å². The number of aromatic amines is 1. The van der Waals surface area contributed by atoms with E-state index in [0.29, 0.717) is 51.1 Å². The summed E-state index contributed by atoms with van der Waals surface area (Å²) < 4.78 is 52.7. The summed E-state index contributed by atoms with van der Waals surface area (Å²) in [6.07, 6.45) is -2.54. The van der Waals surface area contributed by atoms with E-state index in [2.05, 4.69) is 16.3 Å². The minimum absolute atomic E-state index is 0.0528. The molecular weight excluding hydrogens is 498 g/mol. The van der Waals surface area contributed by atoms with E-state index < -0.39 is 11.7 Å². The molecule has 1 aromatic heterocycles. The molecule has 1 N–H and O–H groups in total. The molecule has 38 heavy (non-hydrogen) atoms. The highest BCUT2D eigenvalue weighted by atomic mass is 19.4. The van der Waals surface area contributed by atoms with Crippen LogP contribution in [0.5, 0.6) is 0 Å². The summed E-state index contributed by atoms with van der Waals surface area (Å²) in [5, 5.41) is 16.6. The van der Waals surface area contributed by atoms with Gasteiger partial charge in [-0.1, -0.05) is 12.1 Å². The van der Waals surface area contributed by atoms with Crippen LogP contribution in [0.15, 0.2) is 54.6 Å². The lowest BCUT2D eigenvalue weighted by molar-refractivity contribution is -0.137. The van der Waals surface area contributed by atoms with Gasteiger partial charge in [-0.3, -0.25) is 5.10 Å². The van der Waals surface area contributed by atoms with Gasteiger partial charge in [0.15, 0.2) is 0 Å². The summed E-state index contributed by atoms with van der Waals surface area (Å²) in [4.78, 5) is 17.0. The Labute approximate surface area is 217 Å². The zero-order chi connectivity index (χ0) is 26.9. The number of halogens is 4. The van der Waals surface area contributed by atoms with Gasteiger partial charge in [0.05, 0.1) is 17.3 Å². The van der Waals surface area contributed by atoms with Gasteiger partial charge >= 0.3 is 12.2 Å². The lowest BCUT2D eigenvalue weighted by Gasteiger charge is -2.41. The van der Waals surface area contributed by atoms with Crippen molar-refractivity contribution in [1.82, 2.24) is 20.0 Å². The van der Waals surface area contributed by atoms with Gasteiger partial charge in [-0.05, 0) is 67.3 Å². The lowest BCUT2D eigenvalue weighted by Crippen LogP contribution is -2.51. The number of aromatic nitrogens is 2. The van der Waals surface area contributed by atoms with Crippen molar-refractivity contribution in [2.75, 3.05) is 26.2 Å². The van der Waals surface area contributed by atoms with Crippen LogP contribution in [-0.2, 0) is 6.18 Å². The van der Waals surface area contributed by atoms with Crippen LogP contribution in [-0.4, -0.2) is 52.2 Å². The van der Waals surface area contributed by atoms with Crippen LogP contribution in [0, 0.1) is 23.1 Å². The summed E-state index contributed by atoms with van der Waals surface area (Å²) in [5.41, 5.74) is 2.23. The van der Waals surface area contributed by atoms with Gasteiger partial charge in [-0.15, -0.1) is 0 Å². The van der Waals surface area contributed by atoms with Gasteiger partial charge in [-0.25, -0.2) is 9.18 Å². The standard InChI is InChI=1S/C28H27F4N5O/c29-24-7-3-20(4-8-24)25-14-26(35-34-25)22-13-21(19-1-5-23(6-2-19)28(30,31)32)16-37(17-22)27(38)36-11-9-18(15-33)10-12-36/h1-8,14,18,21-22H,9-13,16-17H2,(H,34,35). The third kappa shape index (κ3) is 5.52. The highest BCUT2D eigenvalue weighted by molar-refractivity contribution is 5.75. The summed E-state index contributed by atoms with van der Waals surface area (Å²) in [6.45, 7) is 1.82. The lowest BCUT2D eigenvalue weighted by atomic mass is 9.82. The van der Waals surface area contributed by atoms with Crippen LogP contribution in [0.25, 0.3) is 11.3 Å². The van der Waals surface area contributed by atoms with Crippen LogP contribution < -0.4 is 0 Å². The molecule has 6 nitrogen and oxygen atoms in total. The van der Waals surface area contributed by atoms with E-state index in [-0.39, 0.29) is 29.6 Å². The molecule has 10 heteroatoms. The molecule has 0 spiro atoms. The number of urea groups is 1.